The molecule has 2 aliphatic rings. The van der Waals surface area contributed by atoms with E-state index in [1.165, 1.54) is 12.1 Å². The van der Waals surface area contributed by atoms with Gasteiger partial charge < -0.3 is 29.5 Å². The van der Waals surface area contributed by atoms with Crippen LogP contribution in [-0.2, 0) is 18.0 Å². The average Bonchev–Trinajstić information content (AvgIpc) is 2.90. The summed E-state index contributed by atoms with van der Waals surface area (Å²) in [4.78, 5) is 24.3. The highest BCUT2D eigenvalue weighted by Crippen LogP contribution is 2.51. The zero-order valence-corrected chi connectivity index (χ0v) is 13.0. The van der Waals surface area contributed by atoms with E-state index < -0.39 is 24.3 Å². The molecule has 0 aliphatic carbocycles. The number of hydrogen-bond acceptors (Lipinski definition) is 8. The van der Waals surface area contributed by atoms with Crippen LogP contribution in [0.3, 0.4) is 0 Å². The van der Waals surface area contributed by atoms with Gasteiger partial charge in [-0.15, -0.1) is 0 Å². The van der Waals surface area contributed by atoms with Crippen molar-refractivity contribution in [3.05, 3.63) is 39.9 Å². The normalized spacial score (nSPS) is 14.6. The van der Waals surface area contributed by atoms with Gasteiger partial charge in [0.2, 0.25) is 5.75 Å². The number of ether oxygens (including phenoxy) is 3. The van der Waals surface area contributed by atoms with Crippen LogP contribution in [0.15, 0.2) is 12.1 Å². The Morgan fingerprint density at radius 1 is 1.04 bits per heavy atom. The van der Waals surface area contributed by atoms with Crippen molar-refractivity contribution in [2.45, 2.75) is 20.1 Å². The quantitative estimate of drug-likeness (QED) is 0.529. The second-order valence-corrected chi connectivity index (χ2v) is 5.65. The highest BCUT2D eigenvalue weighted by Gasteiger charge is 2.37. The standard InChI is InChI=1S/C17H12O8/c1-6-9-5-23-17(22)11(9)12(20)15-13(6)25-16(21)7-2-3-10(19)8(4-18)14(7)24-15/h2-3,18-20H,4-5H2,1H3. The number of phenols is 2. The number of carbonyl (C=O) groups excluding carboxylic acids is 2. The van der Waals surface area contributed by atoms with E-state index >= 15 is 0 Å². The molecule has 0 amide bonds. The van der Waals surface area contributed by atoms with Gasteiger partial charge in [0.05, 0.1) is 12.2 Å². The Balaban J connectivity index is 2.02. The molecule has 2 heterocycles. The SMILES string of the molecule is Cc1c2c(c(O)c3c1OC(=O)c1ccc(O)c(CO)c1O3)C(=O)OC2. The topological polar surface area (TPSA) is 123 Å². The van der Waals surface area contributed by atoms with Crippen molar-refractivity contribution in [1.29, 1.82) is 0 Å². The van der Waals surface area contributed by atoms with Gasteiger partial charge in [0, 0.05) is 11.1 Å². The Labute approximate surface area is 140 Å². The maximum Gasteiger partial charge on any atom is 0.347 e. The highest BCUT2D eigenvalue weighted by molar-refractivity contribution is 6.01. The van der Waals surface area contributed by atoms with Gasteiger partial charge in [-0.2, -0.15) is 0 Å². The molecule has 2 aromatic rings. The lowest BCUT2D eigenvalue weighted by atomic mass is 10.0. The molecule has 4 rings (SSSR count). The predicted octanol–water partition coefficient (Wildman–Crippen LogP) is 1.89. The van der Waals surface area contributed by atoms with Crippen LogP contribution in [0.4, 0.5) is 0 Å². The fraction of sp³-hybridized carbons (Fsp3) is 0.176. The van der Waals surface area contributed by atoms with Gasteiger partial charge in [0.1, 0.15) is 23.5 Å². The summed E-state index contributed by atoms with van der Waals surface area (Å²) in [6, 6.07) is 2.52. The first kappa shape index (κ1) is 15.3. The lowest BCUT2D eigenvalue weighted by Gasteiger charge is -2.15. The molecule has 2 aliphatic heterocycles. The lowest BCUT2D eigenvalue weighted by Crippen LogP contribution is -2.09. The van der Waals surface area contributed by atoms with Crippen molar-refractivity contribution >= 4 is 11.9 Å². The third-order valence-electron chi connectivity index (χ3n) is 4.32. The number of fused-ring (bicyclic) bond motifs is 3. The summed E-state index contributed by atoms with van der Waals surface area (Å²) < 4.78 is 15.9. The van der Waals surface area contributed by atoms with Gasteiger partial charge in [-0.1, -0.05) is 0 Å². The number of esters is 2. The fourth-order valence-corrected chi connectivity index (χ4v) is 2.98. The molecule has 0 saturated heterocycles. The average molecular weight is 344 g/mol. The van der Waals surface area contributed by atoms with Crippen molar-refractivity contribution in [3.63, 3.8) is 0 Å². The van der Waals surface area contributed by atoms with E-state index in [4.69, 9.17) is 14.2 Å². The second kappa shape index (κ2) is 5.12. The van der Waals surface area contributed by atoms with E-state index in [0.29, 0.717) is 11.1 Å². The number of cyclic esters (lactones) is 1. The number of benzene rings is 2. The van der Waals surface area contributed by atoms with E-state index in [-0.39, 0.29) is 46.3 Å². The Bertz CT molecular complexity index is 960. The number of aromatic hydroxyl groups is 2. The third kappa shape index (κ3) is 1.97. The number of rotatable bonds is 1. The molecule has 2 aromatic carbocycles. The van der Waals surface area contributed by atoms with Gasteiger partial charge in [-0.05, 0) is 19.1 Å². The molecule has 0 aromatic heterocycles. The van der Waals surface area contributed by atoms with Crippen molar-refractivity contribution < 1.29 is 39.1 Å². The molecule has 0 fully saturated rings. The summed E-state index contributed by atoms with van der Waals surface area (Å²) in [7, 11) is 0. The number of hydrogen-bond donors (Lipinski definition) is 3. The van der Waals surface area contributed by atoms with E-state index in [9.17, 15) is 24.9 Å². The van der Waals surface area contributed by atoms with Gasteiger partial charge in [-0.3, -0.25) is 0 Å². The summed E-state index contributed by atoms with van der Waals surface area (Å²) in [5, 5.41) is 29.9. The maximum absolute atomic E-state index is 12.4. The van der Waals surface area contributed by atoms with Gasteiger partial charge in [0.25, 0.3) is 0 Å². The van der Waals surface area contributed by atoms with Crippen molar-refractivity contribution in [3.8, 4) is 28.7 Å². The first-order valence-electron chi connectivity index (χ1n) is 7.35. The molecule has 3 N–H and O–H groups in total. The summed E-state index contributed by atoms with van der Waals surface area (Å²) in [5.41, 5.74) is 0.710. The van der Waals surface area contributed by atoms with E-state index in [2.05, 4.69) is 0 Å². The van der Waals surface area contributed by atoms with Crippen LogP contribution in [-0.4, -0.2) is 27.3 Å². The van der Waals surface area contributed by atoms with Crippen LogP contribution >= 0.6 is 0 Å². The molecule has 0 unspecified atom stereocenters. The summed E-state index contributed by atoms with van der Waals surface area (Å²) in [6.07, 6.45) is 0. The minimum atomic E-state index is -0.781. The molecule has 0 radical (unpaired) electrons. The van der Waals surface area contributed by atoms with Crippen molar-refractivity contribution in [2.24, 2.45) is 0 Å². The molecule has 0 saturated carbocycles. The number of aliphatic hydroxyl groups is 1. The minimum Gasteiger partial charge on any atom is -0.507 e. The van der Waals surface area contributed by atoms with Crippen LogP contribution in [0.25, 0.3) is 0 Å². The van der Waals surface area contributed by atoms with Gasteiger partial charge >= 0.3 is 11.9 Å². The van der Waals surface area contributed by atoms with E-state index in [0.717, 1.165) is 0 Å². The third-order valence-corrected chi connectivity index (χ3v) is 4.32. The predicted molar refractivity (Wildman–Crippen MR) is 81.0 cm³/mol. The summed E-state index contributed by atoms with van der Waals surface area (Å²) >= 11 is 0. The Morgan fingerprint density at radius 2 is 1.80 bits per heavy atom. The molecular formula is C17H12O8. The lowest BCUT2D eigenvalue weighted by molar-refractivity contribution is 0.0532. The van der Waals surface area contributed by atoms with Gasteiger partial charge in [0.15, 0.2) is 17.2 Å². The van der Waals surface area contributed by atoms with Crippen LogP contribution in [0.5, 0.6) is 28.7 Å². The van der Waals surface area contributed by atoms with E-state index in [1.54, 1.807) is 6.92 Å². The molecular weight excluding hydrogens is 332 g/mol. The molecule has 0 spiro atoms. The van der Waals surface area contributed by atoms with Crippen LogP contribution in [0.2, 0.25) is 0 Å². The van der Waals surface area contributed by atoms with Crippen molar-refractivity contribution in [2.75, 3.05) is 0 Å². The second-order valence-electron chi connectivity index (χ2n) is 5.65. The number of aliphatic hydroxyl groups excluding tert-OH is 1. The molecule has 128 valence electrons. The summed E-state index contributed by atoms with van der Waals surface area (Å²) in [6.45, 7) is 0.953. The van der Waals surface area contributed by atoms with Crippen LogP contribution in [0.1, 0.15) is 37.4 Å². The highest BCUT2D eigenvalue weighted by atomic mass is 16.6. The van der Waals surface area contributed by atoms with Crippen LogP contribution in [0, 0.1) is 6.92 Å². The minimum absolute atomic E-state index is 0.0282. The Kier molecular flexibility index (Phi) is 3.13. The first-order valence-corrected chi connectivity index (χ1v) is 7.35. The molecule has 8 heteroatoms. The Morgan fingerprint density at radius 3 is 2.52 bits per heavy atom. The molecule has 0 atom stereocenters. The monoisotopic (exact) mass is 344 g/mol. The molecule has 0 bridgehead atoms. The first-order chi connectivity index (χ1) is 11.9. The smallest absolute Gasteiger partial charge is 0.347 e. The summed E-state index contributed by atoms with van der Waals surface area (Å²) in [5.74, 6) is -2.73. The zero-order chi connectivity index (χ0) is 17.9. The Hall–Kier alpha value is -3.26. The molecule has 8 nitrogen and oxygen atoms in total. The van der Waals surface area contributed by atoms with Crippen LogP contribution < -0.4 is 9.47 Å². The fourth-order valence-electron chi connectivity index (χ4n) is 2.98. The zero-order valence-electron chi connectivity index (χ0n) is 13.0. The molecule has 25 heavy (non-hydrogen) atoms. The maximum atomic E-state index is 12.4. The van der Waals surface area contributed by atoms with Crippen molar-refractivity contribution in [1.82, 2.24) is 0 Å². The van der Waals surface area contributed by atoms with E-state index in [1.807, 2.05) is 0 Å². The van der Waals surface area contributed by atoms with Gasteiger partial charge in [-0.25, -0.2) is 9.59 Å². The number of phenolic OH excluding ortho intramolecular Hbond substituents is 1. The largest absolute Gasteiger partial charge is 0.507 e. The number of carbonyl (C=O) groups is 2.